The summed E-state index contributed by atoms with van der Waals surface area (Å²) in [5.74, 6) is 0.0114. The highest BCUT2D eigenvalue weighted by atomic mass is 32.1. The molecule has 7 heteroatoms. The van der Waals surface area contributed by atoms with E-state index < -0.39 is 5.91 Å². The van der Waals surface area contributed by atoms with Crippen molar-refractivity contribution in [3.05, 3.63) is 51.7 Å². The van der Waals surface area contributed by atoms with Crippen molar-refractivity contribution in [2.75, 3.05) is 27.7 Å². The van der Waals surface area contributed by atoms with Gasteiger partial charge in [0, 0.05) is 17.5 Å². The number of likely N-dealkylation sites (N-methyl/N-ethyl adjacent to an activating group) is 1. The van der Waals surface area contributed by atoms with E-state index in [0.717, 1.165) is 11.3 Å². The number of hydrogen-bond acceptors (Lipinski definition) is 5. The van der Waals surface area contributed by atoms with Crippen molar-refractivity contribution in [2.24, 2.45) is 5.73 Å². The molecule has 0 aliphatic carbocycles. The highest BCUT2D eigenvalue weighted by molar-refractivity contribution is 7.12. The Bertz CT molecular complexity index is 727. The number of nitrogens with one attached hydrogen (secondary N) is 1. The molecule has 0 saturated heterocycles. The van der Waals surface area contributed by atoms with Gasteiger partial charge in [0.2, 0.25) is 5.91 Å². The van der Waals surface area contributed by atoms with Gasteiger partial charge in [-0.3, -0.25) is 9.59 Å². The van der Waals surface area contributed by atoms with Crippen molar-refractivity contribution in [3.8, 4) is 5.75 Å². The van der Waals surface area contributed by atoms with Crippen LogP contribution in [0, 0.1) is 0 Å². The van der Waals surface area contributed by atoms with Gasteiger partial charge in [-0.1, -0.05) is 18.2 Å². The number of primary amides is 1. The summed E-state index contributed by atoms with van der Waals surface area (Å²) in [7, 11) is 5.51. The number of carbonyl (C=O) groups is 2. The zero-order chi connectivity index (χ0) is 17.7. The van der Waals surface area contributed by atoms with E-state index in [1.807, 2.05) is 43.3 Å². The van der Waals surface area contributed by atoms with Crippen molar-refractivity contribution in [3.63, 3.8) is 0 Å². The average molecular weight is 347 g/mol. The van der Waals surface area contributed by atoms with Gasteiger partial charge in [-0.05, 0) is 26.2 Å². The minimum Gasteiger partial charge on any atom is -0.496 e. The van der Waals surface area contributed by atoms with Crippen LogP contribution in [0.4, 0.5) is 0 Å². The fraction of sp³-hybridized carbons (Fsp3) is 0.294. The van der Waals surface area contributed by atoms with Crippen LogP contribution in [0.3, 0.4) is 0 Å². The number of nitrogens with two attached hydrogens (primary N) is 1. The van der Waals surface area contributed by atoms with Gasteiger partial charge in [-0.25, -0.2) is 0 Å². The smallest absolute Gasteiger partial charge is 0.261 e. The Hall–Kier alpha value is -2.38. The maximum atomic E-state index is 12.3. The minimum absolute atomic E-state index is 0.0410. The quantitative estimate of drug-likeness (QED) is 0.801. The highest BCUT2D eigenvalue weighted by Gasteiger charge is 2.20. The van der Waals surface area contributed by atoms with Crippen LogP contribution in [0.2, 0.25) is 0 Å². The molecule has 2 amide bonds. The zero-order valence-corrected chi connectivity index (χ0v) is 14.7. The van der Waals surface area contributed by atoms with Crippen molar-refractivity contribution < 1.29 is 14.3 Å². The second-order valence-corrected chi connectivity index (χ2v) is 6.41. The molecule has 1 aromatic carbocycles. The average Bonchev–Trinajstić information content (AvgIpc) is 3.05. The number of methoxy groups -OCH3 is 1. The summed E-state index contributed by atoms with van der Waals surface area (Å²) in [5.41, 5.74) is 6.55. The van der Waals surface area contributed by atoms with E-state index in [1.165, 1.54) is 17.4 Å². The van der Waals surface area contributed by atoms with E-state index in [1.54, 1.807) is 12.5 Å². The first-order valence-electron chi connectivity index (χ1n) is 7.40. The second-order valence-electron chi connectivity index (χ2n) is 5.50. The van der Waals surface area contributed by atoms with Gasteiger partial charge in [-0.2, -0.15) is 0 Å². The predicted octanol–water partition coefficient (Wildman–Crippen LogP) is 1.89. The molecule has 0 saturated carbocycles. The van der Waals surface area contributed by atoms with E-state index in [0.29, 0.717) is 17.0 Å². The van der Waals surface area contributed by atoms with Crippen molar-refractivity contribution in [1.82, 2.24) is 10.2 Å². The lowest BCUT2D eigenvalue weighted by Gasteiger charge is -2.26. The summed E-state index contributed by atoms with van der Waals surface area (Å²) in [5, 5.41) is 4.49. The summed E-state index contributed by atoms with van der Waals surface area (Å²) in [6.45, 7) is 0.413. The molecule has 1 heterocycles. The Labute approximate surface area is 145 Å². The maximum Gasteiger partial charge on any atom is 0.261 e. The van der Waals surface area contributed by atoms with Gasteiger partial charge in [0.25, 0.3) is 5.91 Å². The predicted molar refractivity (Wildman–Crippen MR) is 94.6 cm³/mol. The van der Waals surface area contributed by atoms with Crippen molar-refractivity contribution in [1.29, 1.82) is 0 Å². The number of benzene rings is 1. The van der Waals surface area contributed by atoms with Crippen molar-refractivity contribution in [2.45, 2.75) is 6.04 Å². The van der Waals surface area contributed by atoms with Crippen LogP contribution in [0.5, 0.6) is 5.75 Å². The van der Waals surface area contributed by atoms with Gasteiger partial charge in [-0.15, -0.1) is 11.3 Å². The molecule has 128 valence electrons. The topological polar surface area (TPSA) is 84.7 Å². The number of para-hydroxylation sites is 1. The van der Waals surface area contributed by atoms with Crippen LogP contribution < -0.4 is 15.8 Å². The molecule has 2 rings (SSSR count). The molecule has 0 radical (unpaired) electrons. The third-order valence-corrected chi connectivity index (χ3v) is 4.61. The first kappa shape index (κ1) is 18.0. The molecule has 0 aliphatic rings. The Morgan fingerprint density at radius 2 is 2.04 bits per heavy atom. The normalized spacial score (nSPS) is 12.0. The lowest BCUT2D eigenvalue weighted by molar-refractivity contribution is 0.0945. The van der Waals surface area contributed by atoms with E-state index in [4.69, 9.17) is 10.5 Å². The third-order valence-electron chi connectivity index (χ3n) is 3.69. The molecule has 1 atom stereocenters. The Morgan fingerprint density at radius 1 is 1.33 bits per heavy atom. The molecule has 0 fully saturated rings. The third kappa shape index (κ3) is 4.12. The molecule has 0 bridgehead atoms. The van der Waals surface area contributed by atoms with E-state index in [-0.39, 0.29) is 11.9 Å². The number of carbonyl (C=O) groups excluding carboxylic acids is 2. The molecule has 24 heavy (non-hydrogen) atoms. The molecule has 1 unspecified atom stereocenters. The summed E-state index contributed by atoms with van der Waals surface area (Å²) >= 11 is 1.20. The van der Waals surface area contributed by atoms with E-state index in [9.17, 15) is 9.59 Å². The van der Waals surface area contributed by atoms with E-state index >= 15 is 0 Å². The van der Waals surface area contributed by atoms with Gasteiger partial charge >= 0.3 is 0 Å². The van der Waals surface area contributed by atoms with Gasteiger partial charge < -0.3 is 20.7 Å². The lowest BCUT2D eigenvalue weighted by Crippen LogP contribution is -2.34. The van der Waals surface area contributed by atoms with Crippen LogP contribution in [-0.4, -0.2) is 44.5 Å². The molecule has 2 aromatic rings. The first-order chi connectivity index (χ1) is 11.4. The molecule has 1 aromatic heterocycles. The summed E-state index contributed by atoms with van der Waals surface area (Å²) in [6, 6.07) is 9.19. The summed E-state index contributed by atoms with van der Waals surface area (Å²) in [4.78, 5) is 25.9. The number of rotatable bonds is 7. The number of amides is 2. The monoisotopic (exact) mass is 347 g/mol. The standard InChI is InChI=1S/C17H21N3O3S/c1-20(2)13(12-6-4-5-7-14(12)23-3)9-19-17(22)15-8-11(10-24-15)16(18)21/h4-8,10,13H,9H2,1-3H3,(H2,18,21)(H,19,22). The Balaban J connectivity index is 2.11. The SMILES string of the molecule is COc1ccccc1C(CNC(=O)c1cc(C(N)=O)cs1)N(C)C. The highest BCUT2D eigenvalue weighted by Crippen LogP contribution is 2.27. The number of hydrogen-bond donors (Lipinski definition) is 2. The van der Waals surface area contributed by atoms with Crippen LogP contribution in [-0.2, 0) is 0 Å². The molecule has 6 nitrogen and oxygen atoms in total. The Morgan fingerprint density at radius 3 is 2.62 bits per heavy atom. The molecular weight excluding hydrogens is 326 g/mol. The van der Waals surface area contributed by atoms with Gasteiger partial charge in [0.15, 0.2) is 0 Å². The maximum absolute atomic E-state index is 12.3. The largest absolute Gasteiger partial charge is 0.496 e. The molecule has 3 N–H and O–H groups in total. The zero-order valence-electron chi connectivity index (χ0n) is 13.9. The van der Waals surface area contributed by atoms with Crippen LogP contribution >= 0.6 is 11.3 Å². The van der Waals surface area contributed by atoms with Gasteiger partial charge in [0.1, 0.15) is 5.75 Å². The number of ether oxygens (including phenoxy) is 1. The number of nitrogens with zero attached hydrogens (tertiary/aromatic N) is 1. The minimum atomic E-state index is -0.537. The number of thiophene rings is 1. The molecule has 0 spiro atoms. The van der Waals surface area contributed by atoms with Crippen molar-refractivity contribution >= 4 is 23.2 Å². The Kier molecular flexibility index (Phi) is 5.94. The fourth-order valence-corrected chi connectivity index (χ4v) is 3.19. The van der Waals surface area contributed by atoms with E-state index in [2.05, 4.69) is 5.32 Å². The summed E-state index contributed by atoms with van der Waals surface area (Å²) in [6.07, 6.45) is 0. The van der Waals surface area contributed by atoms with Crippen LogP contribution in [0.25, 0.3) is 0 Å². The lowest BCUT2D eigenvalue weighted by atomic mass is 10.0. The molecular formula is C17H21N3O3S. The van der Waals surface area contributed by atoms with Crippen LogP contribution in [0.1, 0.15) is 31.6 Å². The second kappa shape index (κ2) is 7.94. The summed E-state index contributed by atoms with van der Waals surface area (Å²) < 4.78 is 5.41. The van der Waals surface area contributed by atoms with Gasteiger partial charge in [0.05, 0.1) is 23.6 Å². The first-order valence-corrected chi connectivity index (χ1v) is 8.28. The fourth-order valence-electron chi connectivity index (χ4n) is 2.37. The molecule has 0 aliphatic heterocycles. The van der Waals surface area contributed by atoms with Crippen LogP contribution in [0.15, 0.2) is 35.7 Å².